The van der Waals surface area contributed by atoms with Crippen LogP contribution in [-0.4, -0.2) is 37.1 Å². The van der Waals surface area contributed by atoms with E-state index in [0.717, 1.165) is 0 Å². The van der Waals surface area contributed by atoms with E-state index in [1.807, 2.05) is 0 Å². The lowest BCUT2D eigenvalue weighted by Gasteiger charge is -2.37. The second-order valence-electron chi connectivity index (χ2n) is 7.60. The van der Waals surface area contributed by atoms with E-state index in [-0.39, 0.29) is 0 Å². The first kappa shape index (κ1) is 16.7. The second kappa shape index (κ2) is 8.05. The largest absolute Gasteiger partial charge is 0.368 e. The van der Waals surface area contributed by atoms with Crippen molar-refractivity contribution < 1.29 is 0 Å². The zero-order valence-corrected chi connectivity index (χ0v) is 15.2. The zero-order valence-electron chi connectivity index (χ0n) is 15.2. The minimum absolute atomic E-state index is 0.635. The van der Waals surface area contributed by atoms with Crippen molar-refractivity contribution in [2.24, 2.45) is 0 Å². The van der Waals surface area contributed by atoms with Crippen molar-refractivity contribution in [3.8, 4) is 0 Å². The van der Waals surface area contributed by atoms with Gasteiger partial charge in [0.2, 0.25) is 0 Å². The van der Waals surface area contributed by atoms with Crippen LogP contribution in [0, 0.1) is 0 Å². The van der Waals surface area contributed by atoms with Gasteiger partial charge in [-0.1, -0.05) is 42.5 Å². The number of hydrogen-bond donors (Lipinski definition) is 0. The molecule has 1 unspecified atom stereocenters. The van der Waals surface area contributed by atoms with Crippen LogP contribution in [0.15, 0.2) is 54.6 Å². The van der Waals surface area contributed by atoms with Crippen LogP contribution in [0.25, 0.3) is 0 Å². The first-order valence-corrected chi connectivity index (χ1v) is 10.0. The van der Waals surface area contributed by atoms with Gasteiger partial charge in [-0.2, -0.15) is 0 Å². The first-order chi connectivity index (χ1) is 12.4. The van der Waals surface area contributed by atoms with E-state index < -0.39 is 0 Å². The zero-order chi connectivity index (χ0) is 16.9. The Morgan fingerprint density at radius 1 is 0.880 bits per heavy atom. The lowest BCUT2D eigenvalue weighted by Crippen LogP contribution is -2.41. The molecule has 2 aliphatic rings. The van der Waals surface area contributed by atoms with E-state index in [1.165, 1.54) is 70.4 Å². The number of benzene rings is 2. The Labute approximate surface area is 152 Å². The van der Waals surface area contributed by atoms with Gasteiger partial charge in [0.25, 0.3) is 0 Å². The topological polar surface area (TPSA) is 6.48 Å². The van der Waals surface area contributed by atoms with E-state index in [4.69, 9.17) is 0 Å². The fourth-order valence-corrected chi connectivity index (χ4v) is 4.56. The minimum atomic E-state index is 0.635. The highest BCUT2D eigenvalue weighted by Gasteiger charge is 2.24. The minimum Gasteiger partial charge on any atom is -0.368 e. The normalized spacial score (nSPS) is 20.4. The third kappa shape index (κ3) is 4.07. The van der Waals surface area contributed by atoms with Crippen LogP contribution >= 0.6 is 0 Å². The van der Waals surface area contributed by atoms with Crippen LogP contribution in [0.1, 0.15) is 36.8 Å². The van der Waals surface area contributed by atoms with Crippen LogP contribution in [0.2, 0.25) is 0 Å². The Kier molecular flexibility index (Phi) is 5.37. The van der Waals surface area contributed by atoms with Gasteiger partial charge in [0.05, 0.1) is 0 Å². The molecule has 0 N–H and O–H groups in total. The highest BCUT2D eigenvalue weighted by atomic mass is 15.2. The SMILES string of the molecule is c1ccc(N(CCCN2CCCC2)C2CCc3ccccc3C2)cc1. The third-order valence-electron chi connectivity index (χ3n) is 5.92. The molecule has 2 nitrogen and oxygen atoms in total. The molecule has 2 aromatic rings. The van der Waals surface area contributed by atoms with Gasteiger partial charge >= 0.3 is 0 Å². The maximum atomic E-state index is 2.69. The molecule has 1 atom stereocenters. The molecule has 1 aliphatic heterocycles. The molecule has 2 heteroatoms. The molecule has 0 saturated carbocycles. The number of aryl methyl sites for hydroxylation is 1. The average molecular weight is 335 g/mol. The van der Waals surface area contributed by atoms with Crippen molar-refractivity contribution in [2.45, 2.75) is 44.6 Å². The molecule has 1 saturated heterocycles. The number of anilines is 1. The Hall–Kier alpha value is -1.80. The van der Waals surface area contributed by atoms with E-state index in [9.17, 15) is 0 Å². The summed E-state index contributed by atoms with van der Waals surface area (Å²) in [6.07, 6.45) is 7.73. The Balaban J connectivity index is 1.45. The van der Waals surface area contributed by atoms with Gasteiger partial charge in [0.15, 0.2) is 0 Å². The summed E-state index contributed by atoms with van der Waals surface area (Å²) in [6.45, 7) is 5.05. The van der Waals surface area contributed by atoms with Crippen LogP contribution in [-0.2, 0) is 12.8 Å². The third-order valence-corrected chi connectivity index (χ3v) is 5.92. The fraction of sp³-hybridized carbons (Fsp3) is 0.478. The lowest BCUT2D eigenvalue weighted by molar-refractivity contribution is 0.331. The molecule has 4 rings (SSSR count). The highest BCUT2D eigenvalue weighted by molar-refractivity contribution is 5.48. The number of para-hydroxylation sites is 1. The summed E-state index contributed by atoms with van der Waals surface area (Å²) >= 11 is 0. The molecule has 0 aromatic heterocycles. The predicted molar refractivity (Wildman–Crippen MR) is 106 cm³/mol. The maximum Gasteiger partial charge on any atom is 0.0368 e. The van der Waals surface area contributed by atoms with Gasteiger partial charge in [-0.3, -0.25) is 0 Å². The molecular weight excluding hydrogens is 304 g/mol. The lowest BCUT2D eigenvalue weighted by atomic mass is 9.87. The highest BCUT2D eigenvalue weighted by Crippen LogP contribution is 2.28. The summed E-state index contributed by atoms with van der Waals surface area (Å²) in [5.74, 6) is 0. The van der Waals surface area contributed by atoms with Crippen molar-refractivity contribution in [1.29, 1.82) is 0 Å². The van der Waals surface area contributed by atoms with Crippen molar-refractivity contribution >= 4 is 5.69 Å². The monoisotopic (exact) mass is 334 g/mol. The van der Waals surface area contributed by atoms with Gasteiger partial charge in [-0.25, -0.2) is 0 Å². The van der Waals surface area contributed by atoms with Crippen molar-refractivity contribution in [3.63, 3.8) is 0 Å². The Morgan fingerprint density at radius 3 is 2.40 bits per heavy atom. The van der Waals surface area contributed by atoms with E-state index in [2.05, 4.69) is 64.4 Å². The molecule has 0 radical (unpaired) electrons. The summed E-state index contributed by atoms with van der Waals surface area (Å²) in [5, 5.41) is 0. The van der Waals surface area contributed by atoms with Gasteiger partial charge in [0, 0.05) is 18.3 Å². The molecule has 1 fully saturated rings. The number of nitrogens with zero attached hydrogens (tertiary/aromatic N) is 2. The smallest absolute Gasteiger partial charge is 0.0368 e. The summed E-state index contributed by atoms with van der Waals surface area (Å²) in [5.41, 5.74) is 4.51. The second-order valence-corrected chi connectivity index (χ2v) is 7.60. The quantitative estimate of drug-likeness (QED) is 0.765. The standard InChI is InChI=1S/C23H30N2/c1-2-11-22(12-3-1)25(18-8-17-24-15-6-7-16-24)23-14-13-20-9-4-5-10-21(20)19-23/h1-5,9-12,23H,6-8,13-19H2. The summed E-state index contributed by atoms with van der Waals surface area (Å²) in [6, 6.07) is 20.7. The number of rotatable bonds is 6. The average Bonchev–Trinajstić information content (AvgIpc) is 3.19. The van der Waals surface area contributed by atoms with Crippen LogP contribution in [0.4, 0.5) is 5.69 Å². The van der Waals surface area contributed by atoms with E-state index in [0.29, 0.717) is 6.04 Å². The molecule has 0 spiro atoms. The number of likely N-dealkylation sites (tertiary alicyclic amines) is 1. The van der Waals surface area contributed by atoms with Gasteiger partial charge in [-0.05, 0) is 81.4 Å². The number of hydrogen-bond acceptors (Lipinski definition) is 2. The van der Waals surface area contributed by atoms with Gasteiger partial charge in [-0.15, -0.1) is 0 Å². The Bertz CT molecular complexity index is 661. The Morgan fingerprint density at radius 2 is 1.60 bits per heavy atom. The number of fused-ring (bicyclic) bond motifs is 1. The summed E-state index contributed by atoms with van der Waals surface area (Å²) < 4.78 is 0. The van der Waals surface area contributed by atoms with Crippen LogP contribution < -0.4 is 4.90 Å². The van der Waals surface area contributed by atoms with Gasteiger partial charge in [0.1, 0.15) is 0 Å². The van der Waals surface area contributed by atoms with Crippen LogP contribution in [0.3, 0.4) is 0 Å². The molecular formula is C23H30N2. The molecule has 1 aliphatic carbocycles. The van der Waals surface area contributed by atoms with E-state index in [1.54, 1.807) is 11.1 Å². The molecule has 0 bridgehead atoms. The fourth-order valence-electron chi connectivity index (χ4n) is 4.56. The van der Waals surface area contributed by atoms with Crippen molar-refractivity contribution in [3.05, 3.63) is 65.7 Å². The van der Waals surface area contributed by atoms with Gasteiger partial charge < -0.3 is 9.80 Å². The molecule has 2 aromatic carbocycles. The molecule has 132 valence electrons. The van der Waals surface area contributed by atoms with Crippen LogP contribution in [0.5, 0.6) is 0 Å². The van der Waals surface area contributed by atoms with Crippen molar-refractivity contribution in [1.82, 2.24) is 4.90 Å². The predicted octanol–water partition coefficient (Wildman–Crippen LogP) is 4.54. The molecule has 0 amide bonds. The summed E-state index contributed by atoms with van der Waals surface area (Å²) in [4.78, 5) is 5.32. The molecule has 1 heterocycles. The molecule has 25 heavy (non-hydrogen) atoms. The first-order valence-electron chi connectivity index (χ1n) is 10.0. The van der Waals surface area contributed by atoms with Crippen molar-refractivity contribution in [2.75, 3.05) is 31.1 Å². The van der Waals surface area contributed by atoms with E-state index >= 15 is 0 Å². The maximum absolute atomic E-state index is 2.69. The summed E-state index contributed by atoms with van der Waals surface area (Å²) in [7, 11) is 0.